The highest BCUT2D eigenvalue weighted by molar-refractivity contribution is 6.14. The average molecular weight is 403 g/mol. The molecule has 7 nitrogen and oxygen atoms in total. The molecule has 0 aromatic heterocycles. The lowest BCUT2D eigenvalue weighted by Gasteiger charge is -2.07. The van der Waals surface area contributed by atoms with Gasteiger partial charge in [0.25, 0.3) is 5.69 Å². The first kappa shape index (κ1) is 19.2. The monoisotopic (exact) mass is 403 g/mol. The van der Waals surface area contributed by atoms with Crippen molar-refractivity contribution in [1.29, 1.82) is 0 Å². The van der Waals surface area contributed by atoms with E-state index in [-0.39, 0.29) is 23.8 Å². The minimum Gasteiger partial charge on any atom is -0.496 e. The zero-order valence-corrected chi connectivity index (χ0v) is 16.0. The van der Waals surface area contributed by atoms with Crippen LogP contribution in [0.4, 0.5) is 5.69 Å². The normalized spacial score (nSPS) is 13.6. The summed E-state index contributed by atoms with van der Waals surface area (Å²) in [7, 11) is 1.57. The van der Waals surface area contributed by atoms with Gasteiger partial charge in [0.1, 0.15) is 23.9 Å². The van der Waals surface area contributed by atoms with Gasteiger partial charge in [0.15, 0.2) is 5.76 Å². The standard InChI is InChI=1S/C23H17NO6/c1-28-20-5-3-2-4-16(20)12-22-23(25)19-11-10-18(13-21(19)30-22)29-14-15-6-8-17(9-7-15)24(26)27/h2-13H,14H2,1H3/b22-12-. The number of hydrogen-bond donors (Lipinski definition) is 0. The van der Waals surface area contributed by atoms with Crippen LogP contribution in [0.3, 0.4) is 0 Å². The number of ether oxygens (including phenoxy) is 3. The number of hydrogen-bond acceptors (Lipinski definition) is 6. The maximum absolute atomic E-state index is 12.6. The summed E-state index contributed by atoms with van der Waals surface area (Å²) < 4.78 is 16.8. The first-order valence-electron chi connectivity index (χ1n) is 9.12. The number of methoxy groups -OCH3 is 1. The molecule has 3 aromatic carbocycles. The molecule has 0 saturated heterocycles. The maximum Gasteiger partial charge on any atom is 0.269 e. The van der Waals surface area contributed by atoms with Crippen LogP contribution in [0.1, 0.15) is 21.5 Å². The number of fused-ring (bicyclic) bond motifs is 1. The van der Waals surface area contributed by atoms with E-state index in [2.05, 4.69) is 0 Å². The second kappa shape index (κ2) is 8.08. The van der Waals surface area contributed by atoms with Gasteiger partial charge in [0, 0.05) is 23.8 Å². The second-order valence-electron chi connectivity index (χ2n) is 6.55. The van der Waals surface area contributed by atoms with Gasteiger partial charge in [-0.15, -0.1) is 0 Å². The van der Waals surface area contributed by atoms with Gasteiger partial charge in [-0.1, -0.05) is 18.2 Å². The average Bonchev–Trinajstić information content (AvgIpc) is 3.07. The molecule has 0 bridgehead atoms. The van der Waals surface area contributed by atoms with Gasteiger partial charge in [0.2, 0.25) is 5.78 Å². The number of Topliss-reactive ketones (excluding diaryl/α,β-unsaturated/α-hetero) is 1. The molecule has 3 aromatic rings. The van der Waals surface area contributed by atoms with Crippen molar-refractivity contribution in [2.24, 2.45) is 0 Å². The van der Waals surface area contributed by atoms with Gasteiger partial charge in [0.05, 0.1) is 17.6 Å². The van der Waals surface area contributed by atoms with Crippen LogP contribution >= 0.6 is 0 Å². The van der Waals surface area contributed by atoms with E-state index in [0.717, 1.165) is 11.1 Å². The van der Waals surface area contributed by atoms with E-state index < -0.39 is 4.92 Å². The Labute approximate surface area is 172 Å². The van der Waals surface area contributed by atoms with E-state index in [9.17, 15) is 14.9 Å². The lowest BCUT2D eigenvalue weighted by atomic mass is 10.1. The molecule has 0 aliphatic carbocycles. The number of nitro benzene ring substituents is 1. The highest BCUT2D eigenvalue weighted by Crippen LogP contribution is 2.36. The van der Waals surface area contributed by atoms with Gasteiger partial charge in [-0.25, -0.2) is 0 Å². The van der Waals surface area contributed by atoms with E-state index in [1.54, 1.807) is 43.5 Å². The van der Waals surface area contributed by atoms with Crippen LogP contribution in [0.2, 0.25) is 0 Å². The van der Waals surface area contributed by atoms with Crippen molar-refractivity contribution < 1.29 is 23.9 Å². The summed E-state index contributed by atoms with van der Waals surface area (Å²) in [6.07, 6.45) is 1.65. The first-order valence-corrected chi connectivity index (χ1v) is 9.12. The zero-order chi connectivity index (χ0) is 21.1. The zero-order valence-electron chi connectivity index (χ0n) is 16.0. The SMILES string of the molecule is COc1ccccc1/C=C1\Oc2cc(OCc3ccc([N+](=O)[O-])cc3)ccc2C1=O. The Balaban J connectivity index is 1.49. The summed E-state index contributed by atoms with van der Waals surface area (Å²) in [5, 5.41) is 10.7. The van der Waals surface area contributed by atoms with Gasteiger partial charge >= 0.3 is 0 Å². The molecule has 0 amide bonds. The van der Waals surface area contributed by atoms with Crippen LogP contribution in [0.25, 0.3) is 6.08 Å². The van der Waals surface area contributed by atoms with Crippen molar-refractivity contribution in [1.82, 2.24) is 0 Å². The molecule has 4 rings (SSSR count). The Morgan fingerprint density at radius 2 is 1.83 bits per heavy atom. The third-order valence-electron chi connectivity index (χ3n) is 4.62. The molecular formula is C23H17NO6. The molecule has 1 heterocycles. The molecular weight excluding hydrogens is 386 g/mol. The summed E-state index contributed by atoms with van der Waals surface area (Å²) in [4.78, 5) is 22.9. The number of para-hydroxylation sites is 1. The Kier molecular flexibility index (Phi) is 5.17. The number of carbonyl (C=O) groups is 1. The van der Waals surface area contributed by atoms with Crippen LogP contribution in [0, 0.1) is 10.1 Å². The molecule has 150 valence electrons. The van der Waals surface area contributed by atoms with Crippen molar-refractivity contribution in [3.05, 3.63) is 99.3 Å². The fraction of sp³-hybridized carbons (Fsp3) is 0.0870. The maximum atomic E-state index is 12.6. The Bertz CT molecular complexity index is 1150. The molecule has 0 atom stereocenters. The number of carbonyl (C=O) groups excluding carboxylic acids is 1. The van der Waals surface area contributed by atoms with Crippen LogP contribution < -0.4 is 14.2 Å². The van der Waals surface area contributed by atoms with E-state index in [1.807, 2.05) is 24.3 Å². The smallest absolute Gasteiger partial charge is 0.269 e. The van der Waals surface area contributed by atoms with Crippen molar-refractivity contribution in [3.63, 3.8) is 0 Å². The molecule has 0 saturated carbocycles. The minimum atomic E-state index is -0.449. The number of nitrogens with zero attached hydrogens (tertiary/aromatic N) is 1. The largest absolute Gasteiger partial charge is 0.496 e. The quantitative estimate of drug-likeness (QED) is 0.334. The molecule has 1 aliphatic heterocycles. The number of benzene rings is 3. The van der Waals surface area contributed by atoms with Crippen molar-refractivity contribution in [2.75, 3.05) is 7.11 Å². The topological polar surface area (TPSA) is 87.9 Å². The first-order chi connectivity index (χ1) is 14.5. The van der Waals surface area contributed by atoms with Gasteiger partial charge < -0.3 is 14.2 Å². The van der Waals surface area contributed by atoms with Crippen LogP contribution in [-0.4, -0.2) is 17.8 Å². The second-order valence-corrected chi connectivity index (χ2v) is 6.55. The van der Waals surface area contributed by atoms with Crippen LogP contribution in [0.15, 0.2) is 72.5 Å². The number of non-ortho nitro benzene ring substituents is 1. The molecule has 0 spiro atoms. The van der Waals surface area contributed by atoms with Gasteiger partial charge in [-0.05, 0) is 42.0 Å². The Hall–Kier alpha value is -4.13. The Morgan fingerprint density at radius 3 is 2.57 bits per heavy atom. The molecule has 0 fully saturated rings. The predicted molar refractivity (Wildman–Crippen MR) is 110 cm³/mol. The molecule has 1 aliphatic rings. The lowest BCUT2D eigenvalue weighted by Crippen LogP contribution is -1.98. The van der Waals surface area contributed by atoms with Gasteiger partial charge in [-0.2, -0.15) is 0 Å². The molecule has 30 heavy (non-hydrogen) atoms. The van der Waals surface area contributed by atoms with E-state index in [0.29, 0.717) is 22.8 Å². The third-order valence-corrected chi connectivity index (χ3v) is 4.62. The van der Waals surface area contributed by atoms with Gasteiger partial charge in [-0.3, -0.25) is 14.9 Å². The number of ketones is 1. The number of rotatable bonds is 6. The van der Waals surface area contributed by atoms with Crippen molar-refractivity contribution in [3.8, 4) is 17.2 Å². The van der Waals surface area contributed by atoms with Crippen molar-refractivity contribution >= 4 is 17.5 Å². The highest BCUT2D eigenvalue weighted by atomic mass is 16.6. The summed E-state index contributed by atoms with van der Waals surface area (Å²) in [6.45, 7) is 0.231. The molecule has 7 heteroatoms. The number of nitro groups is 1. The minimum absolute atomic E-state index is 0.0255. The fourth-order valence-corrected chi connectivity index (χ4v) is 3.06. The van der Waals surface area contributed by atoms with Crippen molar-refractivity contribution in [2.45, 2.75) is 6.61 Å². The summed E-state index contributed by atoms with van der Waals surface area (Å²) in [5.74, 6) is 1.59. The van der Waals surface area contributed by atoms with E-state index >= 15 is 0 Å². The molecule has 0 radical (unpaired) electrons. The summed E-state index contributed by atoms with van der Waals surface area (Å²) >= 11 is 0. The molecule has 0 unspecified atom stereocenters. The summed E-state index contributed by atoms with van der Waals surface area (Å²) in [5.41, 5.74) is 2.01. The third kappa shape index (κ3) is 3.86. The van der Waals surface area contributed by atoms with Crippen LogP contribution in [-0.2, 0) is 6.61 Å². The number of allylic oxidation sites excluding steroid dienone is 1. The van der Waals surface area contributed by atoms with E-state index in [1.165, 1.54) is 12.1 Å². The lowest BCUT2D eigenvalue weighted by molar-refractivity contribution is -0.384. The Morgan fingerprint density at radius 1 is 1.07 bits per heavy atom. The van der Waals surface area contributed by atoms with Crippen LogP contribution in [0.5, 0.6) is 17.2 Å². The summed E-state index contributed by atoms with van der Waals surface area (Å²) in [6, 6.07) is 18.5. The highest BCUT2D eigenvalue weighted by Gasteiger charge is 2.28. The van der Waals surface area contributed by atoms with E-state index in [4.69, 9.17) is 14.2 Å². The fourth-order valence-electron chi connectivity index (χ4n) is 3.06. The predicted octanol–water partition coefficient (Wildman–Crippen LogP) is 4.80. The molecule has 0 N–H and O–H groups in total.